The minimum Gasteiger partial charge on any atom is -0.469 e. The quantitative estimate of drug-likeness (QED) is 0.715. The molecule has 1 rings (SSSR count). The lowest BCUT2D eigenvalue weighted by molar-refractivity contribution is -0.143. The van der Waals surface area contributed by atoms with Gasteiger partial charge >= 0.3 is 5.97 Å². The zero-order chi connectivity index (χ0) is 12.7. The molecule has 5 nitrogen and oxygen atoms in total. The minimum atomic E-state index is -0.365. The zero-order valence-electron chi connectivity index (χ0n) is 10.0. The van der Waals surface area contributed by atoms with Gasteiger partial charge in [0, 0.05) is 32.4 Å². The Bertz CT molecular complexity index is 379. The van der Waals surface area contributed by atoms with Crippen LogP contribution in [0.5, 0.6) is 0 Å². The molecule has 1 aromatic rings. The third kappa shape index (κ3) is 4.63. The van der Waals surface area contributed by atoms with E-state index in [2.05, 4.69) is 9.72 Å². The standard InChI is InChI=1S/C12H16N2O3/c1-14(9-10-5-7-13-8-6-10)11(15)3-4-12(16)17-2/h5-8H,3-4,9H2,1-2H3. The van der Waals surface area contributed by atoms with E-state index >= 15 is 0 Å². The fraction of sp³-hybridized carbons (Fsp3) is 0.417. The lowest BCUT2D eigenvalue weighted by Crippen LogP contribution is -2.26. The van der Waals surface area contributed by atoms with Crippen LogP contribution in [0.4, 0.5) is 0 Å². The highest BCUT2D eigenvalue weighted by Crippen LogP contribution is 2.04. The molecule has 1 amide bonds. The van der Waals surface area contributed by atoms with E-state index in [1.165, 1.54) is 7.11 Å². The molecule has 0 aliphatic heterocycles. The van der Waals surface area contributed by atoms with Gasteiger partial charge in [0.25, 0.3) is 0 Å². The van der Waals surface area contributed by atoms with Gasteiger partial charge in [-0.2, -0.15) is 0 Å². The molecule has 0 bridgehead atoms. The first-order chi connectivity index (χ1) is 8.13. The summed E-state index contributed by atoms with van der Waals surface area (Å²) < 4.78 is 4.48. The van der Waals surface area contributed by atoms with Crippen molar-refractivity contribution >= 4 is 11.9 Å². The number of carbonyl (C=O) groups excluding carboxylic acids is 2. The Labute approximate surface area is 100 Å². The second kappa shape index (κ2) is 6.62. The lowest BCUT2D eigenvalue weighted by Gasteiger charge is -2.16. The van der Waals surface area contributed by atoms with Gasteiger partial charge in [0.05, 0.1) is 13.5 Å². The number of rotatable bonds is 5. The number of nitrogens with zero attached hydrogens (tertiary/aromatic N) is 2. The minimum absolute atomic E-state index is 0.0767. The number of esters is 1. The number of carbonyl (C=O) groups is 2. The van der Waals surface area contributed by atoms with E-state index in [1.807, 2.05) is 12.1 Å². The van der Waals surface area contributed by atoms with Gasteiger partial charge in [-0.05, 0) is 17.7 Å². The molecule has 0 aliphatic carbocycles. The molecule has 0 aromatic carbocycles. The molecular weight excluding hydrogens is 220 g/mol. The van der Waals surface area contributed by atoms with Crippen LogP contribution in [0.2, 0.25) is 0 Å². The normalized spacial score (nSPS) is 9.76. The summed E-state index contributed by atoms with van der Waals surface area (Å²) in [6.45, 7) is 0.516. The van der Waals surface area contributed by atoms with E-state index in [4.69, 9.17) is 0 Å². The van der Waals surface area contributed by atoms with Crippen LogP contribution in [-0.4, -0.2) is 35.9 Å². The Morgan fingerprint density at radius 1 is 1.29 bits per heavy atom. The maximum absolute atomic E-state index is 11.7. The van der Waals surface area contributed by atoms with Crippen LogP contribution in [0.1, 0.15) is 18.4 Å². The monoisotopic (exact) mass is 236 g/mol. The summed E-state index contributed by atoms with van der Waals surface area (Å²) >= 11 is 0. The second-order valence-corrected chi connectivity index (χ2v) is 3.68. The van der Waals surface area contributed by atoms with Crippen LogP contribution in [-0.2, 0) is 20.9 Å². The maximum Gasteiger partial charge on any atom is 0.306 e. The SMILES string of the molecule is COC(=O)CCC(=O)N(C)Cc1ccncc1. The number of amides is 1. The van der Waals surface area contributed by atoms with E-state index in [-0.39, 0.29) is 24.7 Å². The van der Waals surface area contributed by atoms with Gasteiger partial charge in [0.1, 0.15) is 0 Å². The molecule has 0 saturated carbocycles. The van der Waals surface area contributed by atoms with Crippen molar-refractivity contribution in [1.82, 2.24) is 9.88 Å². The first kappa shape index (κ1) is 13.2. The van der Waals surface area contributed by atoms with Crippen molar-refractivity contribution in [2.24, 2.45) is 0 Å². The van der Waals surface area contributed by atoms with Gasteiger partial charge in [0.2, 0.25) is 5.91 Å². The van der Waals surface area contributed by atoms with Crippen molar-refractivity contribution in [2.75, 3.05) is 14.2 Å². The molecule has 0 atom stereocenters. The van der Waals surface area contributed by atoms with Gasteiger partial charge in [-0.25, -0.2) is 0 Å². The molecule has 92 valence electrons. The molecule has 0 N–H and O–H groups in total. The molecule has 0 spiro atoms. The van der Waals surface area contributed by atoms with E-state index in [0.717, 1.165) is 5.56 Å². The summed E-state index contributed by atoms with van der Waals surface area (Å²) in [5, 5.41) is 0. The van der Waals surface area contributed by atoms with Crippen molar-refractivity contribution in [3.8, 4) is 0 Å². The molecular formula is C12H16N2O3. The fourth-order valence-corrected chi connectivity index (χ4v) is 1.35. The molecule has 0 saturated heterocycles. The third-order valence-electron chi connectivity index (χ3n) is 2.37. The average Bonchev–Trinajstić information content (AvgIpc) is 2.36. The molecule has 0 radical (unpaired) electrons. The molecule has 17 heavy (non-hydrogen) atoms. The average molecular weight is 236 g/mol. The number of pyridine rings is 1. The number of hydrogen-bond donors (Lipinski definition) is 0. The Balaban J connectivity index is 2.40. The van der Waals surface area contributed by atoms with E-state index in [9.17, 15) is 9.59 Å². The summed E-state index contributed by atoms with van der Waals surface area (Å²) in [7, 11) is 3.02. The highest BCUT2D eigenvalue weighted by Gasteiger charge is 2.11. The number of methoxy groups -OCH3 is 1. The van der Waals surface area contributed by atoms with Crippen LogP contribution < -0.4 is 0 Å². The Morgan fingerprint density at radius 2 is 1.94 bits per heavy atom. The van der Waals surface area contributed by atoms with E-state index in [0.29, 0.717) is 6.54 Å². The van der Waals surface area contributed by atoms with Crippen LogP contribution >= 0.6 is 0 Å². The Hall–Kier alpha value is -1.91. The third-order valence-corrected chi connectivity index (χ3v) is 2.37. The van der Waals surface area contributed by atoms with Crippen LogP contribution in [0.3, 0.4) is 0 Å². The molecule has 5 heteroatoms. The van der Waals surface area contributed by atoms with Gasteiger partial charge in [-0.15, -0.1) is 0 Å². The summed E-state index contributed by atoms with van der Waals surface area (Å²) in [4.78, 5) is 28.1. The molecule has 0 aliphatic rings. The molecule has 0 fully saturated rings. The number of ether oxygens (including phenoxy) is 1. The van der Waals surface area contributed by atoms with Crippen LogP contribution in [0.15, 0.2) is 24.5 Å². The summed E-state index contributed by atoms with van der Waals surface area (Å²) in [6, 6.07) is 3.70. The number of hydrogen-bond acceptors (Lipinski definition) is 4. The second-order valence-electron chi connectivity index (χ2n) is 3.68. The van der Waals surface area contributed by atoms with Crippen LogP contribution in [0.25, 0.3) is 0 Å². The number of aromatic nitrogens is 1. The van der Waals surface area contributed by atoms with Gasteiger partial charge < -0.3 is 9.64 Å². The predicted molar refractivity (Wildman–Crippen MR) is 62.0 cm³/mol. The van der Waals surface area contributed by atoms with E-state index < -0.39 is 0 Å². The smallest absolute Gasteiger partial charge is 0.306 e. The van der Waals surface area contributed by atoms with Crippen molar-refractivity contribution < 1.29 is 14.3 Å². The first-order valence-corrected chi connectivity index (χ1v) is 5.33. The van der Waals surface area contributed by atoms with Crippen LogP contribution in [0, 0.1) is 0 Å². The Kier molecular flexibility index (Phi) is 5.13. The molecule has 0 unspecified atom stereocenters. The maximum atomic E-state index is 11.7. The summed E-state index contributed by atoms with van der Waals surface area (Å²) in [6.07, 6.45) is 3.66. The first-order valence-electron chi connectivity index (χ1n) is 5.33. The molecule has 1 aromatic heterocycles. The predicted octanol–water partition coefficient (Wildman–Crippen LogP) is 0.993. The highest BCUT2D eigenvalue weighted by molar-refractivity contribution is 5.81. The van der Waals surface area contributed by atoms with Crippen molar-refractivity contribution in [3.63, 3.8) is 0 Å². The van der Waals surface area contributed by atoms with Crippen molar-refractivity contribution in [2.45, 2.75) is 19.4 Å². The van der Waals surface area contributed by atoms with Gasteiger partial charge in [-0.1, -0.05) is 0 Å². The topological polar surface area (TPSA) is 59.5 Å². The van der Waals surface area contributed by atoms with E-state index in [1.54, 1.807) is 24.3 Å². The summed E-state index contributed by atoms with van der Waals surface area (Å²) in [5.41, 5.74) is 1.01. The van der Waals surface area contributed by atoms with Crippen molar-refractivity contribution in [3.05, 3.63) is 30.1 Å². The largest absolute Gasteiger partial charge is 0.469 e. The van der Waals surface area contributed by atoms with Gasteiger partial charge in [0.15, 0.2) is 0 Å². The highest BCUT2D eigenvalue weighted by atomic mass is 16.5. The zero-order valence-corrected chi connectivity index (χ0v) is 10.0. The molecule has 1 heterocycles. The summed E-state index contributed by atoms with van der Waals surface area (Å²) in [5.74, 6) is -0.442. The van der Waals surface area contributed by atoms with Gasteiger partial charge in [-0.3, -0.25) is 14.6 Å². The lowest BCUT2D eigenvalue weighted by atomic mass is 10.2. The fourth-order valence-electron chi connectivity index (χ4n) is 1.35. The Morgan fingerprint density at radius 3 is 2.53 bits per heavy atom. The van der Waals surface area contributed by atoms with Crippen molar-refractivity contribution in [1.29, 1.82) is 0 Å².